The van der Waals surface area contributed by atoms with Crippen molar-refractivity contribution >= 4 is 15.9 Å². The summed E-state index contributed by atoms with van der Waals surface area (Å²) in [5.41, 5.74) is 5.43. The van der Waals surface area contributed by atoms with Crippen LogP contribution in [0, 0.1) is 25.2 Å². The Kier molecular flexibility index (Phi) is 3.31. The van der Waals surface area contributed by atoms with Gasteiger partial charge in [-0.3, -0.25) is 0 Å². The highest BCUT2D eigenvalue weighted by atomic mass is 79.9. The maximum absolute atomic E-state index is 8.96. The van der Waals surface area contributed by atoms with Crippen LogP contribution in [0.5, 0.6) is 0 Å². The second kappa shape index (κ2) is 4.73. The van der Waals surface area contributed by atoms with Gasteiger partial charge in [-0.1, -0.05) is 34.1 Å². The smallest absolute Gasteiger partial charge is 0.0992 e. The molecule has 0 bridgehead atoms. The summed E-state index contributed by atoms with van der Waals surface area (Å²) >= 11 is 3.43. The van der Waals surface area contributed by atoms with E-state index in [0.717, 1.165) is 15.6 Å². The van der Waals surface area contributed by atoms with Gasteiger partial charge in [0.1, 0.15) is 0 Å². The molecule has 2 aromatic rings. The Morgan fingerprint density at radius 1 is 0.941 bits per heavy atom. The molecule has 1 nitrogen and oxygen atoms in total. The standard InChI is InChI=1S/C15H12BrN/c1-10-3-4-13(5-11(10)2)14-6-12(9-17)7-15(16)8-14/h3-8H,1-2H3. The summed E-state index contributed by atoms with van der Waals surface area (Å²) < 4.78 is 0.935. The molecule has 0 fully saturated rings. The van der Waals surface area contributed by atoms with Gasteiger partial charge in [0.15, 0.2) is 0 Å². The van der Waals surface area contributed by atoms with Crippen LogP contribution < -0.4 is 0 Å². The van der Waals surface area contributed by atoms with Gasteiger partial charge in [0.2, 0.25) is 0 Å². The molecule has 0 radical (unpaired) electrons. The lowest BCUT2D eigenvalue weighted by Gasteiger charge is -2.06. The lowest BCUT2D eigenvalue weighted by atomic mass is 9.99. The molecule has 0 atom stereocenters. The lowest BCUT2D eigenvalue weighted by molar-refractivity contribution is 1.34. The maximum atomic E-state index is 8.96. The van der Waals surface area contributed by atoms with Crippen molar-refractivity contribution in [3.63, 3.8) is 0 Å². The summed E-state index contributed by atoms with van der Waals surface area (Å²) in [6, 6.07) is 14.3. The molecule has 0 aliphatic heterocycles. The van der Waals surface area contributed by atoms with Crippen molar-refractivity contribution in [3.8, 4) is 17.2 Å². The van der Waals surface area contributed by atoms with Crippen LogP contribution >= 0.6 is 15.9 Å². The molecule has 2 heteroatoms. The van der Waals surface area contributed by atoms with Crippen molar-refractivity contribution in [3.05, 3.63) is 57.6 Å². The zero-order valence-electron chi connectivity index (χ0n) is 9.79. The largest absolute Gasteiger partial charge is 0.192 e. The number of halogens is 1. The fourth-order valence-electron chi connectivity index (χ4n) is 1.74. The van der Waals surface area contributed by atoms with E-state index in [1.54, 1.807) is 0 Å². The summed E-state index contributed by atoms with van der Waals surface area (Å²) in [5, 5.41) is 8.96. The molecule has 0 aliphatic carbocycles. The van der Waals surface area contributed by atoms with Crippen LogP contribution in [-0.4, -0.2) is 0 Å². The fourth-order valence-corrected chi connectivity index (χ4v) is 2.24. The zero-order valence-corrected chi connectivity index (χ0v) is 11.4. The van der Waals surface area contributed by atoms with E-state index in [4.69, 9.17) is 5.26 Å². The van der Waals surface area contributed by atoms with E-state index in [9.17, 15) is 0 Å². The summed E-state index contributed by atoms with van der Waals surface area (Å²) in [4.78, 5) is 0. The molecule has 0 spiro atoms. The number of hydrogen-bond donors (Lipinski definition) is 0. The predicted molar refractivity (Wildman–Crippen MR) is 73.8 cm³/mol. The van der Waals surface area contributed by atoms with E-state index in [1.807, 2.05) is 18.2 Å². The Balaban J connectivity index is 2.56. The van der Waals surface area contributed by atoms with Crippen molar-refractivity contribution in [2.45, 2.75) is 13.8 Å². The summed E-state index contributed by atoms with van der Waals surface area (Å²) in [5.74, 6) is 0. The second-order valence-corrected chi connectivity index (χ2v) is 5.06. The van der Waals surface area contributed by atoms with E-state index in [-0.39, 0.29) is 0 Å². The summed E-state index contributed by atoms with van der Waals surface area (Å²) in [6.45, 7) is 4.20. The Labute approximate surface area is 110 Å². The van der Waals surface area contributed by atoms with Crippen LogP contribution in [0.2, 0.25) is 0 Å². The topological polar surface area (TPSA) is 23.8 Å². The van der Waals surface area contributed by atoms with Crippen LogP contribution in [0.4, 0.5) is 0 Å². The normalized spacial score (nSPS) is 10.0. The number of rotatable bonds is 1. The van der Waals surface area contributed by atoms with Crippen molar-refractivity contribution in [1.82, 2.24) is 0 Å². The Hall–Kier alpha value is -1.59. The molecular weight excluding hydrogens is 274 g/mol. The third-order valence-corrected chi connectivity index (χ3v) is 3.32. The highest BCUT2D eigenvalue weighted by molar-refractivity contribution is 9.10. The average molecular weight is 286 g/mol. The van der Waals surface area contributed by atoms with Gasteiger partial charge in [0.05, 0.1) is 11.6 Å². The van der Waals surface area contributed by atoms with Crippen LogP contribution in [0.1, 0.15) is 16.7 Å². The zero-order chi connectivity index (χ0) is 12.4. The predicted octanol–water partition coefficient (Wildman–Crippen LogP) is 4.60. The number of benzene rings is 2. The number of nitrogens with zero attached hydrogens (tertiary/aromatic N) is 1. The minimum absolute atomic E-state index is 0.674. The maximum Gasteiger partial charge on any atom is 0.0992 e. The molecule has 0 heterocycles. The first-order valence-electron chi connectivity index (χ1n) is 5.38. The molecule has 2 aromatic carbocycles. The summed E-state index contributed by atoms with van der Waals surface area (Å²) in [6.07, 6.45) is 0. The van der Waals surface area contributed by atoms with Crippen molar-refractivity contribution < 1.29 is 0 Å². The Bertz CT molecular complexity index is 609. The minimum atomic E-state index is 0.674. The molecule has 0 saturated heterocycles. The molecule has 2 rings (SSSR count). The third-order valence-electron chi connectivity index (χ3n) is 2.87. The monoisotopic (exact) mass is 285 g/mol. The van der Waals surface area contributed by atoms with Crippen molar-refractivity contribution in [2.75, 3.05) is 0 Å². The highest BCUT2D eigenvalue weighted by Gasteiger charge is 2.03. The first-order valence-corrected chi connectivity index (χ1v) is 6.18. The van der Waals surface area contributed by atoms with Gasteiger partial charge >= 0.3 is 0 Å². The fraction of sp³-hybridized carbons (Fsp3) is 0.133. The van der Waals surface area contributed by atoms with Gasteiger partial charge in [-0.25, -0.2) is 0 Å². The quantitative estimate of drug-likeness (QED) is 0.751. The van der Waals surface area contributed by atoms with Gasteiger partial charge in [0.25, 0.3) is 0 Å². The molecule has 0 amide bonds. The third kappa shape index (κ3) is 2.57. The van der Waals surface area contributed by atoms with Gasteiger partial charge in [0, 0.05) is 4.47 Å². The van der Waals surface area contributed by atoms with Crippen LogP contribution in [0.3, 0.4) is 0 Å². The summed E-state index contributed by atoms with van der Waals surface area (Å²) in [7, 11) is 0. The molecule has 0 saturated carbocycles. The second-order valence-electron chi connectivity index (χ2n) is 4.14. The van der Waals surface area contributed by atoms with E-state index in [2.05, 4.69) is 54.0 Å². The number of nitriles is 1. The first-order chi connectivity index (χ1) is 8.10. The molecular formula is C15H12BrN. The van der Waals surface area contributed by atoms with E-state index in [0.29, 0.717) is 5.56 Å². The minimum Gasteiger partial charge on any atom is -0.192 e. The van der Waals surface area contributed by atoms with E-state index < -0.39 is 0 Å². The van der Waals surface area contributed by atoms with Crippen molar-refractivity contribution in [1.29, 1.82) is 5.26 Å². The molecule has 0 aliphatic rings. The number of aryl methyl sites for hydroxylation is 2. The highest BCUT2D eigenvalue weighted by Crippen LogP contribution is 2.26. The molecule has 84 valence electrons. The lowest BCUT2D eigenvalue weighted by Crippen LogP contribution is -1.85. The van der Waals surface area contributed by atoms with E-state index >= 15 is 0 Å². The Morgan fingerprint density at radius 3 is 2.35 bits per heavy atom. The van der Waals surface area contributed by atoms with Gasteiger partial charge in [-0.05, 0) is 54.3 Å². The molecule has 0 aromatic heterocycles. The number of hydrogen-bond acceptors (Lipinski definition) is 1. The van der Waals surface area contributed by atoms with Crippen LogP contribution in [0.15, 0.2) is 40.9 Å². The SMILES string of the molecule is Cc1ccc(-c2cc(Br)cc(C#N)c2)cc1C. The molecule has 0 N–H and O–H groups in total. The average Bonchev–Trinajstić information content (AvgIpc) is 2.32. The van der Waals surface area contributed by atoms with Gasteiger partial charge in [-0.15, -0.1) is 0 Å². The first kappa shape index (κ1) is 11.9. The van der Waals surface area contributed by atoms with E-state index in [1.165, 1.54) is 11.1 Å². The van der Waals surface area contributed by atoms with Gasteiger partial charge in [-0.2, -0.15) is 5.26 Å². The van der Waals surface area contributed by atoms with Crippen molar-refractivity contribution in [2.24, 2.45) is 0 Å². The van der Waals surface area contributed by atoms with Crippen LogP contribution in [-0.2, 0) is 0 Å². The van der Waals surface area contributed by atoms with Crippen LogP contribution in [0.25, 0.3) is 11.1 Å². The molecule has 17 heavy (non-hydrogen) atoms. The van der Waals surface area contributed by atoms with Gasteiger partial charge < -0.3 is 0 Å². The molecule has 0 unspecified atom stereocenters. The Morgan fingerprint density at radius 2 is 1.71 bits per heavy atom.